The van der Waals surface area contributed by atoms with Crippen LogP contribution < -0.4 is 5.73 Å². The van der Waals surface area contributed by atoms with Crippen LogP contribution >= 0.6 is 31.9 Å². The first-order chi connectivity index (χ1) is 8.88. The van der Waals surface area contributed by atoms with Gasteiger partial charge in [0.05, 0.1) is 6.04 Å². The molecule has 2 rings (SSSR count). The quantitative estimate of drug-likeness (QED) is 0.760. The number of hydrogen-bond donors (Lipinski definition) is 1. The SMILES string of the molecule is Cc1cc(C)c(C(N)c2cc(Br)cc(Br)c2)c(C)c1. The van der Waals surface area contributed by atoms with Crippen LogP contribution in [0.1, 0.15) is 33.9 Å². The van der Waals surface area contributed by atoms with Crippen molar-refractivity contribution >= 4 is 31.9 Å². The second-order valence-corrected chi connectivity index (χ2v) is 6.82. The minimum Gasteiger partial charge on any atom is -0.320 e. The Morgan fingerprint density at radius 1 is 0.842 bits per heavy atom. The Kier molecular flexibility index (Phi) is 4.49. The monoisotopic (exact) mass is 381 g/mol. The van der Waals surface area contributed by atoms with Gasteiger partial charge in [-0.3, -0.25) is 0 Å². The lowest BCUT2D eigenvalue weighted by atomic mass is 9.90. The van der Waals surface area contributed by atoms with Crippen LogP contribution in [0.5, 0.6) is 0 Å². The van der Waals surface area contributed by atoms with Gasteiger partial charge >= 0.3 is 0 Å². The summed E-state index contributed by atoms with van der Waals surface area (Å²) in [5.74, 6) is 0. The van der Waals surface area contributed by atoms with Crippen molar-refractivity contribution in [1.82, 2.24) is 0 Å². The number of hydrogen-bond acceptors (Lipinski definition) is 1. The van der Waals surface area contributed by atoms with E-state index in [1.807, 2.05) is 6.07 Å². The summed E-state index contributed by atoms with van der Waals surface area (Å²) >= 11 is 7.03. The second kappa shape index (κ2) is 5.78. The Morgan fingerprint density at radius 3 is 1.79 bits per heavy atom. The summed E-state index contributed by atoms with van der Waals surface area (Å²) in [6.45, 7) is 6.37. The van der Waals surface area contributed by atoms with Crippen molar-refractivity contribution in [3.05, 3.63) is 67.1 Å². The predicted octanol–water partition coefficient (Wildman–Crippen LogP) is 5.18. The molecule has 1 atom stereocenters. The number of aryl methyl sites for hydroxylation is 3. The zero-order valence-corrected chi connectivity index (χ0v) is 14.5. The molecule has 3 heteroatoms. The maximum absolute atomic E-state index is 6.46. The van der Waals surface area contributed by atoms with E-state index in [-0.39, 0.29) is 6.04 Å². The summed E-state index contributed by atoms with van der Waals surface area (Å²) in [4.78, 5) is 0. The molecule has 0 bridgehead atoms. The zero-order chi connectivity index (χ0) is 14.2. The first kappa shape index (κ1) is 14.8. The van der Waals surface area contributed by atoms with E-state index in [2.05, 4.69) is 76.9 Å². The van der Waals surface area contributed by atoms with Gasteiger partial charge in [0.1, 0.15) is 0 Å². The fraction of sp³-hybridized carbons (Fsp3) is 0.250. The van der Waals surface area contributed by atoms with Crippen molar-refractivity contribution in [3.8, 4) is 0 Å². The molecule has 0 spiro atoms. The average molecular weight is 383 g/mol. The lowest BCUT2D eigenvalue weighted by Crippen LogP contribution is -2.15. The predicted molar refractivity (Wildman–Crippen MR) is 88.5 cm³/mol. The maximum Gasteiger partial charge on any atom is 0.0557 e. The third-order valence-corrected chi connectivity index (χ3v) is 4.21. The molecule has 19 heavy (non-hydrogen) atoms. The summed E-state index contributed by atoms with van der Waals surface area (Å²) in [6, 6.07) is 10.5. The maximum atomic E-state index is 6.46. The molecule has 0 amide bonds. The van der Waals surface area contributed by atoms with Gasteiger partial charge in [0, 0.05) is 8.95 Å². The molecule has 0 aliphatic rings. The molecule has 0 fully saturated rings. The molecule has 1 unspecified atom stereocenters. The molecule has 0 heterocycles. The van der Waals surface area contributed by atoms with E-state index in [1.54, 1.807) is 0 Å². The highest BCUT2D eigenvalue weighted by molar-refractivity contribution is 9.11. The first-order valence-corrected chi connectivity index (χ1v) is 7.76. The molecule has 2 aromatic carbocycles. The Hall–Kier alpha value is -0.640. The van der Waals surface area contributed by atoms with E-state index in [1.165, 1.54) is 22.3 Å². The van der Waals surface area contributed by atoms with Crippen LogP contribution in [0.2, 0.25) is 0 Å². The van der Waals surface area contributed by atoms with Crippen molar-refractivity contribution in [3.63, 3.8) is 0 Å². The largest absolute Gasteiger partial charge is 0.320 e. The summed E-state index contributed by atoms with van der Waals surface area (Å²) in [5.41, 5.74) is 12.6. The average Bonchev–Trinajstić information content (AvgIpc) is 2.25. The van der Waals surface area contributed by atoms with E-state index < -0.39 is 0 Å². The second-order valence-electron chi connectivity index (χ2n) is 4.99. The van der Waals surface area contributed by atoms with Gasteiger partial charge in [-0.05, 0) is 61.2 Å². The van der Waals surface area contributed by atoms with Crippen LogP contribution in [0.4, 0.5) is 0 Å². The molecule has 100 valence electrons. The Balaban J connectivity index is 2.52. The van der Waals surface area contributed by atoms with Gasteiger partial charge in [-0.1, -0.05) is 49.6 Å². The van der Waals surface area contributed by atoms with Crippen molar-refractivity contribution in [1.29, 1.82) is 0 Å². The lowest BCUT2D eigenvalue weighted by Gasteiger charge is -2.19. The van der Waals surface area contributed by atoms with Crippen LogP contribution in [-0.2, 0) is 0 Å². The molecule has 1 nitrogen and oxygen atoms in total. The van der Waals surface area contributed by atoms with E-state index in [4.69, 9.17) is 5.73 Å². The summed E-state index contributed by atoms with van der Waals surface area (Å²) in [6.07, 6.45) is 0. The fourth-order valence-corrected chi connectivity index (χ4v) is 3.93. The highest BCUT2D eigenvalue weighted by Gasteiger charge is 2.15. The van der Waals surface area contributed by atoms with Crippen LogP contribution in [0, 0.1) is 20.8 Å². The topological polar surface area (TPSA) is 26.0 Å². The number of nitrogens with two attached hydrogens (primary N) is 1. The Bertz CT molecular complexity index is 577. The van der Waals surface area contributed by atoms with Crippen molar-refractivity contribution < 1.29 is 0 Å². The molecule has 0 saturated carbocycles. The van der Waals surface area contributed by atoms with E-state index >= 15 is 0 Å². The standard InChI is InChI=1S/C16H17Br2N/c1-9-4-10(2)15(11(3)5-9)16(19)12-6-13(17)8-14(18)7-12/h4-8,16H,19H2,1-3H3. The Morgan fingerprint density at radius 2 is 1.32 bits per heavy atom. The molecular weight excluding hydrogens is 366 g/mol. The number of halogens is 2. The molecule has 0 aliphatic heterocycles. The normalized spacial score (nSPS) is 12.5. The van der Waals surface area contributed by atoms with Crippen LogP contribution in [-0.4, -0.2) is 0 Å². The molecule has 2 aromatic rings. The molecular formula is C16H17Br2N. The highest BCUT2D eigenvalue weighted by Crippen LogP contribution is 2.30. The molecule has 0 aliphatic carbocycles. The van der Waals surface area contributed by atoms with Gasteiger partial charge in [-0.2, -0.15) is 0 Å². The van der Waals surface area contributed by atoms with Crippen LogP contribution in [0.3, 0.4) is 0 Å². The van der Waals surface area contributed by atoms with Gasteiger partial charge in [0.15, 0.2) is 0 Å². The molecule has 2 N–H and O–H groups in total. The summed E-state index contributed by atoms with van der Waals surface area (Å²) in [7, 11) is 0. The van der Waals surface area contributed by atoms with E-state index in [0.29, 0.717) is 0 Å². The smallest absolute Gasteiger partial charge is 0.0557 e. The van der Waals surface area contributed by atoms with Gasteiger partial charge in [-0.15, -0.1) is 0 Å². The molecule has 0 aromatic heterocycles. The fourth-order valence-electron chi connectivity index (χ4n) is 2.60. The summed E-state index contributed by atoms with van der Waals surface area (Å²) in [5, 5.41) is 0. The molecule has 0 saturated heterocycles. The minimum atomic E-state index is -0.102. The van der Waals surface area contributed by atoms with Crippen LogP contribution in [0.15, 0.2) is 39.3 Å². The number of rotatable bonds is 2. The van der Waals surface area contributed by atoms with E-state index in [9.17, 15) is 0 Å². The minimum absolute atomic E-state index is 0.102. The third kappa shape index (κ3) is 3.28. The third-order valence-electron chi connectivity index (χ3n) is 3.29. The van der Waals surface area contributed by atoms with Gasteiger partial charge in [-0.25, -0.2) is 0 Å². The van der Waals surface area contributed by atoms with E-state index in [0.717, 1.165) is 14.5 Å². The lowest BCUT2D eigenvalue weighted by molar-refractivity contribution is 0.848. The molecule has 0 radical (unpaired) electrons. The Labute approximate surface area is 131 Å². The van der Waals surface area contributed by atoms with Gasteiger partial charge in [0.25, 0.3) is 0 Å². The van der Waals surface area contributed by atoms with Crippen LogP contribution in [0.25, 0.3) is 0 Å². The summed E-state index contributed by atoms with van der Waals surface area (Å²) < 4.78 is 2.07. The van der Waals surface area contributed by atoms with Crippen molar-refractivity contribution in [2.45, 2.75) is 26.8 Å². The first-order valence-electron chi connectivity index (χ1n) is 6.18. The highest BCUT2D eigenvalue weighted by atomic mass is 79.9. The number of benzene rings is 2. The zero-order valence-electron chi connectivity index (χ0n) is 11.3. The van der Waals surface area contributed by atoms with Gasteiger partial charge < -0.3 is 5.73 Å². The van der Waals surface area contributed by atoms with Crippen molar-refractivity contribution in [2.75, 3.05) is 0 Å². The van der Waals surface area contributed by atoms with Gasteiger partial charge in [0.2, 0.25) is 0 Å². The van der Waals surface area contributed by atoms with Crippen molar-refractivity contribution in [2.24, 2.45) is 5.73 Å².